The van der Waals surface area contributed by atoms with Crippen molar-refractivity contribution in [1.82, 2.24) is 25.5 Å². The van der Waals surface area contributed by atoms with Gasteiger partial charge in [0.05, 0.1) is 18.9 Å². The molecule has 5 rings (SSSR count). The molecule has 0 bridgehead atoms. The number of hydrogen-bond acceptors (Lipinski definition) is 9. The van der Waals surface area contributed by atoms with E-state index in [1.165, 1.54) is 18.0 Å². The lowest BCUT2D eigenvalue weighted by atomic mass is 9.79. The molecule has 37 heavy (non-hydrogen) atoms. The third-order valence-corrected chi connectivity index (χ3v) is 6.96. The number of carbonyl (C=O) groups is 1. The van der Waals surface area contributed by atoms with Crippen molar-refractivity contribution in [3.8, 4) is 11.3 Å². The summed E-state index contributed by atoms with van der Waals surface area (Å²) in [6.07, 6.45) is -2.49. The smallest absolute Gasteiger partial charge is 0.233 e. The molecule has 3 aromatic rings. The van der Waals surface area contributed by atoms with Gasteiger partial charge >= 0.3 is 0 Å². The minimum absolute atomic E-state index is 0.0235. The summed E-state index contributed by atoms with van der Waals surface area (Å²) in [5, 5.41) is 35.4. The van der Waals surface area contributed by atoms with E-state index in [0.29, 0.717) is 18.0 Å². The Labute approximate surface area is 208 Å². The first-order chi connectivity index (χ1) is 17.7. The van der Waals surface area contributed by atoms with Gasteiger partial charge in [-0.15, -0.1) is 5.10 Å². The van der Waals surface area contributed by atoms with Gasteiger partial charge in [0, 0.05) is 31.7 Å². The molecular weight excluding hydrogens is 499 g/mol. The zero-order valence-electron chi connectivity index (χ0n) is 19.8. The van der Waals surface area contributed by atoms with Crippen molar-refractivity contribution in [1.29, 1.82) is 0 Å². The number of aliphatic hydroxyl groups is 2. The molecule has 0 radical (unpaired) electrons. The Bertz CT molecular complexity index is 1290. The minimum Gasteiger partial charge on any atom is -0.394 e. The number of nitrogens with one attached hydrogen (secondary N) is 1. The van der Waals surface area contributed by atoms with Crippen LogP contribution in [0.1, 0.15) is 24.4 Å². The number of β-lactam (4-membered cyclic amide) rings is 1. The molecular formula is C23H24F3N5O6. The maximum Gasteiger partial charge on any atom is 0.233 e. The number of ether oxygens (including phenoxy) is 2. The minimum atomic E-state index is -1.61. The Morgan fingerprint density at radius 2 is 1.97 bits per heavy atom. The average Bonchev–Trinajstić information content (AvgIpc) is 3.56. The first kappa shape index (κ1) is 25.3. The second-order valence-electron chi connectivity index (χ2n) is 9.31. The molecule has 4 heterocycles. The summed E-state index contributed by atoms with van der Waals surface area (Å²) in [6, 6.07) is 2.28. The van der Waals surface area contributed by atoms with Crippen LogP contribution < -0.4 is 5.32 Å². The maximum absolute atomic E-state index is 13.7. The van der Waals surface area contributed by atoms with Gasteiger partial charge in [0.2, 0.25) is 5.91 Å². The molecule has 1 aromatic carbocycles. The standard InChI is InChI=1S/C23H24F3N5O6/c1-23(9-27-22(23)34)17-6-11(37-29-17)5-15-21(35-2)19(20(33)16(8-32)36-15)31-7-14(28-30-31)10-3-12(24)18(26)13(25)4-10/h3-4,6-7,15-16,19-21,32-33H,5,8-9H2,1-2H3,(H,27,34)/t15-,16-,19+,20+,21+,23?/m1/s1. The van der Waals surface area contributed by atoms with Gasteiger partial charge in [0.1, 0.15) is 46.9 Å². The van der Waals surface area contributed by atoms with E-state index in [-0.39, 0.29) is 23.6 Å². The summed E-state index contributed by atoms with van der Waals surface area (Å²) in [6.45, 7) is 1.65. The van der Waals surface area contributed by atoms with E-state index in [0.717, 1.165) is 12.1 Å². The van der Waals surface area contributed by atoms with Gasteiger partial charge in [-0.2, -0.15) is 0 Å². The number of benzene rings is 1. The Kier molecular flexibility index (Phi) is 6.52. The van der Waals surface area contributed by atoms with E-state index in [9.17, 15) is 28.2 Å². The Hall–Kier alpha value is -3.33. The highest BCUT2D eigenvalue weighted by Gasteiger charge is 2.49. The SMILES string of the molecule is CO[C@@H]1[C@@H](n2cc(-c3cc(F)c(F)c(F)c3)nn2)[C@@H](O)[C@@H](CO)O[C@@H]1Cc1cc(C2(C)CNC2=O)no1. The third-order valence-electron chi connectivity index (χ3n) is 6.96. The zero-order valence-corrected chi connectivity index (χ0v) is 19.8. The molecule has 2 aliphatic rings. The summed E-state index contributed by atoms with van der Waals surface area (Å²) >= 11 is 0. The fourth-order valence-electron chi connectivity index (χ4n) is 4.69. The molecule has 6 atom stereocenters. The van der Waals surface area contributed by atoms with E-state index in [1.54, 1.807) is 13.0 Å². The molecule has 0 aliphatic carbocycles. The van der Waals surface area contributed by atoms with Crippen LogP contribution in [-0.4, -0.2) is 80.9 Å². The van der Waals surface area contributed by atoms with Crippen LogP contribution in [0.15, 0.2) is 28.9 Å². The fourth-order valence-corrected chi connectivity index (χ4v) is 4.69. The molecule has 2 saturated heterocycles. The first-order valence-electron chi connectivity index (χ1n) is 11.4. The van der Waals surface area contributed by atoms with Crippen LogP contribution in [0.4, 0.5) is 13.2 Å². The molecule has 1 amide bonds. The van der Waals surface area contributed by atoms with Crippen LogP contribution in [0.5, 0.6) is 0 Å². The van der Waals surface area contributed by atoms with Crippen LogP contribution in [-0.2, 0) is 26.1 Å². The van der Waals surface area contributed by atoms with E-state index < -0.39 is 59.9 Å². The van der Waals surface area contributed by atoms with Crippen LogP contribution in [0.3, 0.4) is 0 Å². The number of carbonyl (C=O) groups excluding carboxylic acids is 1. The Morgan fingerprint density at radius 1 is 1.24 bits per heavy atom. The van der Waals surface area contributed by atoms with Crippen molar-refractivity contribution < 1.29 is 42.2 Å². The summed E-state index contributed by atoms with van der Waals surface area (Å²) < 4.78 is 59.1. The van der Waals surface area contributed by atoms with Crippen LogP contribution >= 0.6 is 0 Å². The summed E-state index contributed by atoms with van der Waals surface area (Å²) in [7, 11) is 1.40. The predicted octanol–water partition coefficient (Wildman–Crippen LogP) is 0.657. The highest BCUT2D eigenvalue weighted by Crippen LogP contribution is 2.35. The highest BCUT2D eigenvalue weighted by molar-refractivity contribution is 5.93. The molecule has 0 saturated carbocycles. The predicted molar refractivity (Wildman–Crippen MR) is 117 cm³/mol. The number of aliphatic hydroxyl groups excluding tert-OH is 2. The summed E-state index contributed by atoms with van der Waals surface area (Å²) in [4.78, 5) is 12.0. The number of halogens is 3. The third kappa shape index (κ3) is 4.29. The first-order valence-corrected chi connectivity index (χ1v) is 11.4. The largest absolute Gasteiger partial charge is 0.394 e. The van der Waals surface area contributed by atoms with Gasteiger partial charge in [-0.05, 0) is 19.1 Å². The quantitative estimate of drug-likeness (QED) is 0.300. The molecule has 2 aromatic heterocycles. The molecule has 11 nitrogen and oxygen atoms in total. The van der Waals surface area contributed by atoms with Crippen molar-refractivity contribution >= 4 is 5.91 Å². The molecule has 198 valence electrons. The van der Waals surface area contributed by atoms with Crippen LogP contribution in [0.2, 0.25) is 0 Å². The van der Waals surface area contributed by atoms with Crippen LogP contribution in [0.25, 0.3) is 11.3 Å². The molecule has 0 spiro atoms. The number of aromatic nitrogens is 4. The highest BCUT2D eigenvalue weighted by atomic mass is 19.2. The number of hydrogen-bond donors (Lipinski definition) is 3. The monoisotopic (exact) mass is 523 g/mol. The van der Waals surface area contributed by atoms with Crippen molar-refractivity contribution in [3.05, 3.63) is 53.3 Å². The average molecular weight is 523 g/mol. The zero-order chi connectivity index (χ0) is 26.5. The Balaban J connectivity index is 1.43. The topological polar surface area (TPSA) is 145 Å². The van der Waals surface area contributed by atoms with E-state index >= 15 is 0 Å². The fraction of sp³-hybridized carbons (Fsp3) is 0.478. The van der Waals surface area contributed by atoms with E-state index in [2.05, 4.69) is 20.8 Å². The van der Waals surface area contributed by atoms with Crippen LogP contribution in [0, 0.1) is 17.5 Å². The number of nitrogens with zero attached hydrogens (tertiary/aromatic N) is 4. The molecule has 1 unspecified atom stereocenters. The van der Waals surface area contributed by atoms with Gasteiger partial charge in [-0.25, -0.2) is 17.9 Å². The van der Waals surface area contributed by atoms with Gasteiger partial charge < -0.3 is 29.5 Å². The number of rotatable bonds is 7. The summed E-state index contributed by atoms with van der Waals surface area (Å²) in [5.74, 6) is -4.14. The molecule has 2 aliphatic heterocycles. The molecule has 14 heteroatoms. The maximum atomic E-state index is 13.7. The molecule has 2 fully saturated rings. The normalized spacial score (nSPS) is 29.7. The van der Waals surface area contributed by atoms with Gasteiger partial charge in [0.25, 0.3) is 0 Å². The van der Waals surface area contributed by atoms with Crippen molar-refractivity contribution in [2.45, 2.75) is 49.2 Å². The summed E-state index contributed by atoms with van der Waals surface area (Å²) in [5.41, 5.74) is -0.365. The van der Waals surface area contributed by atoms with E-state index in [4.69, 9.17) is 14.0 Å². The molecule has 3 N–H and O–H groups in total. The van der Waals surface area contributed by atoms with Gasteiger partial charge in [-0.1, -0.05) is 10.4 Å². The number of methoxy groups -OCH3 is 1. The second-order valence-corrected chi connectivity index (χ2v) is 9.31. The number of amides is 1. The van der Waals surface area contributed by atoms with Gasteiger partial charge in [-0.3, -0.25) is 4.79 Å². The van der Waals surface area contributed by atoms with Crippen molar-refractivity contribution in [2.24, 2.45) is 0 Å². The van der Waals surface area contributed by atoms with Gasteiger partial charge in [0.15, 0.2) is 17.5 Å². The lowest BCUT2D eigenvalue weighted by Crippen LogP contribution is -2.60. The second kappa shape index (κ2) is 9.52. The van der Waals surface area contributed by atoms with Crippen molar-refractivity contribution in [3.63, 3.8) is 0 Å². The Morgan fingerprint density at radius 3 is 2.57 bits per heavy atom. The van der Waals surface area contributed by atoms with E-state index in [1.807, 2.05) is 0 Å². The van der Waals surface area contributed by atoms with Crippen molar-refractivity contribution in [2.75, 3.05) is 20.3 Å². The lowest BCUT2D eigenvalue weighted by Gasteiger charge is -2.43. The lowest BCUT2D eigenvalue weighted by molar-refractivity contribution is -0.212.